The SMILES string of the molecule is Cc1cc(CNCC(C)C2CNC2)sc1C. The van der Waals surface area contributed by atoms with Gasteiger partial charge in [-0.05, 0) is 56.9 Å². The van der Waals surface area contributed by atoms with Crippen LogP contribution in [0.2, 0.25) is 0 Å². The van der Waals surface area contributed by atoms with Gasteiger partial charge in [0, 0.05) is 16.3 Å². The normalized spacial score (nSPS) is 18.4. The molecule has 0 bridgehead atoms. The maximum absolute atomic E-state index is 3.57. The molecule has 2 nitrogen and oxygen atoms in total. The average molecular weight is 238 g/mol. The minimum Gasteiger partial charge on any atom is -0.316 e. The van der Waals surface area contributed by atoms with E-state index in [2.05, 4.69) is 37.5 Å². The Bertz CT molecular complexity index is 322. The molecule has 0 saturated carbocycles. The van der Waals surface area contributed by atoms with Crippen LogP contribution in [-0.4, -0.2) is 19.6 Å². The summed E-state index contributed by atoms with van der Waals surface area (Å²) in [5, 5.41) is 6.91. The summed E-state index contributed by atoms with van der Waals surface area (Å²) in [5.41, 5.74) is 1.43. The second kappa shape index (κ2) is 5.30. The summed E-state index contributed by atoms with van der Waals surface area (Å²) in [6, 6.07) is 2.31. The van der Waals surface area contributed by atoms with E-state index in [1.807, 2.05) is 11.3 Å². The Kier molecular flexibility index (Phi) is 4.00. The topological polar surface area (TPSA) is 24.1 Å². The van der Waals surface area contributed by atoms with Gasteiger partial charge in [0.1, 0.15) is 0 Å². The highest BCUT2D eigenvalue weighted by Gasteiger charge is 2.22. The third-order valence-electron chi connectivity index (χ3n) is 3.60. The molecule has 3 heteroatoms. The highest BCUT2D eigenvalue weighted by molar-refractivity contribution is 7.12. The minimum absolute atomic E-state index is 0.795. The summed E-state index contributed by atoms with van der Waals surface area (Å²) >= 11 is 1.92. The lowest BCUT2D eigenvalue weighted by atomic mass is 9.89. The fourth-order valence-corrected chi connectivity index (χ4v) is 3.06. The van der Waals surface area contributed by atoms with E-state index in [9.17, 15) is 0 Å². The van der Waals surface area contributed by atoms with E-state index < -0.39 is 0 Å². The molecule has 0 aliphatic carbocycles. The summed E-state index contributed by atoms with van der Waals surface area (Å²) in [4.78, 5) is 2.92. The van der Waals surface area contributed by atoms with E-state index >= 15 is 0 Å². The van der Waals surface area contributed by atoms with Crippen molar-refractivity contribution in [2.45, 2.75) is 27.3 Å². The Hall–Kier alpha value is -0.380. The molecule has 1 unspecified atom stereocenters. The summed E-state index contributed by atoms with van der Waals surface area (Å²) in [6.07, 6.45) is 0. The number of hydrogen-bond donors (Lipinski definition) is 2. The molecule has 2 N–H and O–H groups in total. The number of thiophene rings is 1. The summed E-state index contributed by atoms with van der Waals surface area (Å²) in [6.45, 7) is 11.3. The molecule has 2 heterocycles. The van der Waals surface area contributed by atoms with Gasteiger partial charge in [-0.1, -0.05) is 6.92 Å². The summed E-state index contributed by atoms with van der Waals surface area (Å²) in [5.74, 6) is 1.68. The van der Waals surface area contributed by atoms with E-state index in [1.54, 1.807) is 0 Å². The number of aryl methyl sites for hydroxylation is 2. The van der Waals surface area contributed by atoms with Crippen molar-refractivity contribution in [3.8, 4) is 0 Å². The lowest BCUT2D eigenvalue weighted by Crippen LogP contribution is -2.47. The van der Waals surface area contributed by atoms with Crippen molar-refractivity contribution < 1.29 is 0 Å². The zero-order valence-corrected chi connectivity index (χ0v) is 11.3. The van der Waals surface area contributed by atoms with Gasteiger partial charge < -0.3 is 10.6 Å². The summed E-state index contributed by atoms with van der Waals surface area (Å²) < 4.78 is 0. The Morgan fingerprint density at radius 2 is 2.25 bits per heavy atom. The second-order valence-corrected chi connectivity index (χ2v) is 6.32. The fourth-order valence-electron chi connectivity index (χ4n) is 2.04. The van der Waals surface area contributed by atoms with Crippen LogP contribution in [0.25, 0.3) is 0 Å². The molecule has 0 spiro atoms. The lowest BCUT2D eigenvalue weighted by Gasteiger charge is -2.32. The summed E-state index contributed by atoms with van der Waals surface area (Å²) in [7, 11) is 0. The average Bonchev–Trinajstić information content (AvgIpc) is 2.43. The Morgan fingerprint density at radius 1 is 1.50 bits per heavy atom. The third kappa shape index (κ3) is 2.84. The predicted octanol–water partition coefficient (Wildman–Crippen LogP) is 2.31. The third-order valence-corrected chi connectivity index (χ3v) is 4.75. The monoisotopic (exact) mass is 238 g/mol. The van der Waals surface area contributed by atoms with E-state index in [-0.39, 0.29) is 0 Å². The molecule has 16 heavy (non-hydrogen) atoms. The van der Waals surface area contributed by atoms with Crippen molar-refractivity contribution in [1.29, 1.82) is 0 Å². The standard InChI is InChI=1S/C13H22N2S/c1-9-4-13(16-11(9)3)8-14-5-10(2)12-6-15-7-12/h4,10,12,14-15H,5-8H2,1-3H3. The molecule has 0 aromatic carbocycles. The maximum Gasteiger partial charge on any atom is 0.0300 e. The fraction of sp³-hybridized carbons (Fsp3) is 0.692. The molecular weight excluding hydrogens is 216 g/mol. The minimum atomic E-state index is 0.795. The van der Waals surface area contributed by atoms with Crippen LogP contribution in [0.4, 0.5) is 0 Å². The van der Waals surface area contributed by atoms with Crippen molar-refractivity contribution in [2.75, 3.05) is 19.6 Å². The first-order valence-corrected chi connectivity index (χ1v) is 6.96. The molecule has 1 aliphatic heterocycles. The van der Waals surface area contributed by atoms with Crippen LogP contribution in [0.1, 0.15) is 22.2 Å². The van der Waals surface area contributed by atoms with Crippen molar-refractivity contribution in [3.63, 3.8) is 0 Å². The highest BCUT2D eigenvalue weighted by atomic mass is 32.1. The van der Waals surface area contributed by atoms with Crippen LogP contribution in [0.5, 0.6) is 0 Å². The molecule has 1 saturated heterocycles. The van der Waals surface area contributed by atoms with Gasteiger partial charge in [-0.25, -0.2) is 0 Å². The number of rotatable bonds is 5. The molecule has 1 atom stereocenters. The Balaban J connectivity index is 1.71. The zero-order chi connectivity index (χ0) is 11.5. The molecule has 1 aliphatic rings. The van der Waals surface area contributed by atoms with E-state index in [4.69, 9.17) is 0 Å². The van der Waals surface area contributed by atoms with Gasteiger partial charge in [0.25, 0.3) is 0 Å². The van der Waals surface area contributed by atoms with Gasteiger partial charge in [0.05, 0.1) is 0 Å². The van der Waals surface area contributed by atoms with E-state index in [0.717, 1.165) is 24.9 Å². The smallest absolute Gasteiger partial charge is 0.0300 e. The first-order valence-electron chi connectivity index (χ1n) is 6.14. The first kappa shape index (κ1) is 12.1. The van der Waals surface area contributed by atoms with Crippen LogP contribution in [0.3, 0.4) is 0 Å². The molecule has 1 aromatic heterocycles. The second-order valence-electron chi connectivity index (χ2n) is 4.98. The van der Waals surface area contributed by atoms with E-state index in [1.165, 1.54) is 28.4 Å². The van der Waals surface area contributed by atoms with Gasteiger partial charge in [-0.2, -0.15) is 0 Å². The van der Waals surface area contributed by atoms with Crippen LogP contribution < -0.4 is 10.6 Å². The van der Waals surface area contributed by atoms with Crippen LogP contribution >= 0.6 is 11.3 Å². The van der Waals surface area contributed by atoms with Gasteiger partial charge in [-0.3, -0.25) is 0 Å². The molecular formula is C13H22N2S. The van der Waals surface area contributed by atoms with Crippen molar-refractivity contribution in [2.24, 2.45) is 11.8 Å². The highest BCUT2D eigenvalue weighted by Crippen LogP contribution is 2.20. The zero-order valence-electron chi connectivity index (χ0n) is 10.5. The molecule has 2 rings (SSSR count). The van der Waals surface area contributed by atoms with Crippen LogP contribution in [0, 0.1) is 25.7 Å². The van der Waals surface area contributed by atoms with Gasteiger partial charge in [0.15, 0.2) is 0 Å². The predicted molar refractivity (Wildman–Crippen MR) is 71.0 cm³/mol. The largest absolute Gasteiger partial charge is 0.316 e. The molecule has 0 amide bonds. The number of hydrogen-bond acceptors (Lipinski definition) is 3. The van der Waals surface area contributed by atoms with Crippen LogP contribution in [0.15, 0.2) is 6.07 Å². The molecule has 1 fully saturated rings. The van der Waals surface area contributed by atoms with Gasteiger partial charge >= 0.3 is 0 Å². The maximum atomic E-state index is 3.57. The molecule has 1 aromatic rings. The van der Waals surface area contributed by atoms with E-state index in [0.29, 0.717) is 0 Å². The van der Waals surface area contributed by atoms with Gasteiger partial charge in [-0.15, -0.1) is 11.3 Å². The quantitative estimate of drug-likeness (QED) is 0.822. The molecule has 0 radical (unpaired) electrons. The van der Waals surface area contributed by atoms with Crippen molar-refractivity contribution in [3.05, 3.63) is 21.4 Å². The van der Waals surface area contributed by atoms with Crippen molar-refractivity contribution >= 4 is 11.3 Å². The first-order chi connectivity index (χ1) is 7.66. The van der Waals surface area contributed by atoms with Gasteiger partial charge in [0.2, 0.25) is 0 Å². The Labute approximate surface area is 102 Å². The lowest BCUT2D eigenvalue weighted by molar-refractivity contribution is 0.242. The van der Waals surface area contributed by atoms with Crippen molar-refractivity contribution in [1.82, 2.24) is 10.6 Å². The molecule has 90 valence electrons. The number of nitrogens with one attached hydrogen (secondary N) is 2. The Morgan fingerprint density at radius 3 is 2.75 bits per heavy atom. The van der Waals surface area contributed by atoms with Crippen LogP contribution in [-0.2, 0) is 6.54 Å².